The van der Waals surface area contributed by atoms with E-state index in [9.17, 15) is 24.0 Å². The molecule has 0 aromatic heterocycles. The fraction of sp³-hybridized carbons (Fsp3) is 0.500. The lowest BCUT2D eigenvalue weighted by molar-refractivity contribution is -0.149. The summed E-state index contributed by atoms with van der Waals surface area (Å²) >= 11 is 0. The second-order valence-electron chi connectivity index (χ2n) is 8.78. The zero-order valence-electron chi connectivity index (χ0n) is 18.7. The number of amides is 4. The van der Waals surface area contributed by atoms with E-state index in [2.05, 4.69) is 10.6 Å². The first-order chi connectivity index (χ1) is 14.3. The average molecular weight is 431 g/mol. The highest BCUT2D eigenvalue weighted by Crippen LogP contribution is 2.21. The molecule has 2 N–H and O–H groups in total. The summed E-state index contributed by atoms with van der Waals surface area (Å²) in [5.74, 6) is -1.98. The number of rotatable bonds is 7. The van der Waals surface area contributed by atoms with Gasteiger partial charge in [-0.1, -0.05) is 27.7 Å². The van der Waals surface area contributed by atoms with E-state index in [1.165, 1.54) is 19.1 Å². The number of nitrogens with zero attached hydrogens (tertiary/aromatic N) is 1. The number of carbonyl (C=O) groups is 5. The molecule has 4 amide bonds. The number of ketones is 1. The SMILES string of the molecule is CCC1(C)NC(=O)N(CC(=O)OC(C)C(=O)c2ccc(NC(=O)C(C)(C)C)cc2)C1=O. The van der Waals surface area contributed by atoms with Crippen LogP contribution in [0.2, 0.25) is 0 Å². The third kappa shape index (κ3) is 5.48. The molecule has 0 spiro atoms. The van der Waals surface area contributed by atoms with E-state index in [1.807, 2.05) is 0 Å². The van der Waals surface area contributed by atoms with Crippen molar-refractivity contribution in [3.63, 3.8) is 0 Å². The Bertz CT molecular complexity index is 903. The molecule has 2 rings (SSSR count). The second-order valence-corrected chi connectivity index (χ2v) is 8.78. The number of hydrogen-bond donors (Lipinski definition) is 2. The van der Waals surface area contributed by atoms with Crippen LogP contribution in [-0.4, -0.2) is 52.7 Å². The van der Waals surface area contributed by atoms with E-state index in [0.717, 1.165) is 4.90 Å². The van der Waals surface area contributed by atoms with Crippen LogP contribution in [0.15, 0.2) is 24.3 Å². The van der Waals surface area contributed by atoms with Crippen LogP contribution in [0.3, 0.4) is 0 Å². The van der Waals surface area contributed by atoms with Crippen molar-refractivity contribution in [2.45, 2.75) is 59.6 Å². The highest BCUT2D eigenvalue weighted by Gasteiger charge is 2.47. The molecule has 1 aliphatic heterocycles. The van der Waals surface area contributed by atoms with E-state index in [4.69, 9.17) is 4.74 Å². The van der Waals surface area contributed by atoms with Gasteiger partial charge in [-0.15, -0.1) is 0 Å². The van der Waals surface area contributed by atoms with Gasteiger partial charge in [0.1, 0.15) is 12.1 Å². The van der Waals surface area contributed by atoms with Crippen molar-refractivity contribution in [3.05, 3.63) is 29.8 Å². The molecule has 2 unspecified atom stereocenters. The van der Waals surface area contributed by atoms with E-state index in [-0.39, 0.29) is 5.91 Å². The predicted molar refractivity (Wildman–Crippen MR) is 113 cm³/mol. The summed E-state index contributed by atoms with van der Waals surface area (Å²) in [4.78, 5) is 61.9. The number of ether oxygens (including phenoxy) is 1. The molecule has 0 saturated carbocycles. The molecule has 1 saturated heterocycles. The van der Waals surface area contributed by atoms with Gasteiger partial charge < -0.3 is 15.4 Å². The molecule has 9 heteroatoms. The summed E-state index contributed by atoms with van der Waals surface area (Å²) in [6.45, 7) is 9.54. The van der Waals surface area contributed by atoms with Crippen LogP contribution in [-0.2, 0) is 19.1 Å². The summed E-state index contributed by atoms with van der Waals surface area (Å²) in [5, 5.41) is 5.31. The fourth-order valence-electron chi connectivity index (χ4n) is 2.82. The van der Waals surface area contributed by atoms with Crippen molar-refractivity contribution in [2.75, 3.05) is 11.9 Å². The van der Waals surface area contributed by atoms with E-state index in [1.54, 1.807) is 46.8 Å². The first-order valence-electron chi connectivity index (χ1n) is 10.1. The van der Waals surface area contributed by atoms with E-state index in [0.29, 0.717) is 17.7 Å². The Balaban J connectivity index is 1.96. The fourth-order valence-corrected chi connectivity index (χ4v) is 2.82. The first kappa shape index (κ1) is 24.0. The Morgan fingerprint density at radius 2 is 1.74 bits per heavy atom. The van der Waals surface area contributed by atoms with Crippen LogP contribution in [0.1, 0.15) is 58.3 Å². The van der Waals surface area contributed by atoms with E-state index >= 15 is 0 Å². The van der Waals surface area contributed by atoms with E-state index < -0.39 is 47.3 Å². The molecule has 2 atom stereocenters. The minimum atomic E-state index is -1.11. The van der Waals surface area contributed by atoms with Gasteiger partial charge in [0, 0.05) is 16.7 Å². The quantitative estimate of drug-likeness (QED) is 0.389. The Morgan fingerprint density at radius 1 is 1.16 bits per heavy atom. The zero-order valence-corrected chi connectivity index (χ0v) is 18.7. The third-order valence-corrected chi connectivity index (χ3v) is 5.13. The number of urea groups is 1. The Morgan fingerprint density at radius 3 is 2.23 bits per heavy atom. The monoisotopic (exact) mass is 431 g/mol. The van der Waals surface area contributed by atoms with Crippen LogP contribution in [0.25, 0.3) is 0 Å². The Labute approximate surface area is 181 Å². The maximum atomic E-state index is 12.6. The van der Waals surface area contributed by atoms with Crippen molar-refractivity contribution < 1.29 is 28.7 Å². The van der Waals surface area contributed by atoms with Gasteiger partial charge in [-0.3, -0.25) is 24.1 Å². The minimum Gasteiger partial charge on any atom is -0.453 e. The standard InChI is InChI=1S/C22H29N3O6/c1-7-22(6)19(29)25(20(30)24-22)12-16(26)31-13(2)17(27)14-8-10-15(11-9-14)23-18(28)21(3,4)5/h8-11,13H,7,12H2,1-6H3,(H,23,28)(H,24,30). The highest BCUT2D eigenvalue weighted by molar-refractivity contribution is 6.08. The van der Waals surface area contributed by atoms with Crippen molar-refractivity contribution in [1.29, 1.82) is 0 Å². The molecular weight excluding hydrogens is 402 g/mol. The normalized spacial score (nSPS) is 19.6. The van der Waals surface area contributed by atoms with Crippen LogP contribution in [0.4, 0.5) is 10.5 Å². The number of benzene rings is 1. The largest absolute Gasteiger partial charge is 0.453 e. The number of hydrogen-bond acceptors (Lipinski definition) is 6. The smallest absolute Gasteiger partial charge is 0.326 e. The number of carbonyl (C=O) groups excluding carboxylic acids is 5. The molecule has 0 aliphatic carbocycles. The lowest BCUT2D eigenvalue weighted by Gasteiger charge is -2.19. The number of anilines is 1. The lowest BCUT2D eigenvalue weighted by Crippen LogP contribution is -2.43. The van der Waals surface area contributed by atoms with Crippen LogP contribution >= 0.6 is 0 Å². The first-order valence-corrected chi connectivity index (χ1v) is 10.1. The van der Waals surface area contributed by atoms with Gasteiger partial charge in [0.15, 0.2) is 6.10 Å². The van der Waals surface area contributed by atoms with Crippen LogP contribution in [0.5, 0.6) is 0 Å². The summed E-state index contributed by atoms with van der Waals surface area (Å²) in [6, 6.07) is 5.55. The second kappa shape index (κ2) is 8.87. The van der Waals surface area contributed by atoms with Crippen molar-refractivity contribution in [2.24, 2.45) is 5.41 Å². The summed E-state index contributed by atoms with van der Waals surface area (Å²) in [6.07, 6.45) is -0.731. The van der Waals surface area contributed by atoms with Crippen molar-refractivity contribution in [3.8, 4) is 0 Å². The maximum absolute atomic E-state index is 12.6. The molecule has 31 heavy (non-hydrogen) atoms. The maximum Gasteiger partial charge on any atom is 0.326 e. The molecule has 1 aromatic carbocycles. The van der Waals surface area contributed by atoms with Gasteiger partial charge >= 0.3 is 12.0 Å². The van der Waals surface area contributed by atoms with Gasteiger partial charge in [-0.2, -0.15) is 0 Å². The molecule has 0 radical (unpaired) electrons. The molecule has 168 valence electrons. The van der Waals surface area contributed by atoms with Crippen LogP contribution in [0, 0.1) is 5.41 Å². The summed E-state index contributed by atoms with van der Waals surface area (Å²) in [7, 11) is 0. The number of imide groups is 1. The number of esters is 1. The van der Waals surface area contributed by atoms with Crippen molar-refractivity contribution >= 4 is 35.3 Å². The molecule has 0 bridgehead atoms. The Kier molecular flexibility index (Phi) is 6.88. The summed E-state index contributed by atoms with van der Waals surface area (Å²) in [5.41, 5.74) is -0.774. The number of nitrogens with one attached hydrogen (secondary N) is 2. The van der Waals surface area contributed by atoms with Gasteiger partial charge in [0.25, 0.3) is 5.91 Å². The zero-order chi connectivity index (χ0) is 23.6. The average Bonchev–Trinajstić information content (AvgIpc) is 2.90. The van der Waals surface area contributed by atoms with Crippen molar-refractivity contribution in [1.82, 2.24) is 10.2 Å². The molecule has 1 aromatic rings. The number of Topliss-reactive ketones (excluding diaryl/α,β-unsaturated/α-hetero) is 1. The molecule has 1 fully saturated rings. The molecule has 9 nitrogen and oxygen atoms in total. The van der Waals surface area contributed by atoms with Gasteiger partial charge in [-0.05, 0) is 44.5 Å². The topological polar surface area (TPSA) is 122 Å². The summed E-state index contributed by atoms with van der Waals surface area (Å²) < 4.78 is 5.13. The molecule has 1 heterocycles. The lowest BCUT2D eigenvalue weighted by atomic mass is 9.95. The highest BCUT2D eigenvalue weighted by atomic mass is 16.5. The molecule has 1 aliphatic rings. The minimum absolute atomic E-state index is 0.159. The Hall–Kier alpha value is -3.23. The predicted octanol–water partition coefficient (Wildman–Crippen LogP) is 2.51. The van der Waals surface area contributed by atoms with Gasteiger partial charge in [-0.25, -0.2) is 4.79 Å². The third-order valence-electron chi connectivity index (χ3n) is 5.13. The van der Waals surface area contributed by atoms with Crippen LogP contribution < -0.4 is 10.6 Å². The molecular formula is C22H29N3O6. The van der Waals surface area contributed by atoms with Gasteiger partial charge in [0.05, 0.1) is 0 Å². The van der Waals surface area contributed by atoms with Gasteiger partial charge in [0.2, 0.25) is 11.7 Å².